The summed E-state index contributed by atoms with van der Waals surface area (Å²) in [5, 5.41) is 0. The molecule has 8 heteroatoms. The molecule has 0 aliphatic rings. The number of esters is 1. The van der Waals surface area contributed by atoms with Crippen LogP contribution in [0.5, 0.6) is 5.75 Å². The second-order valence-electron chi connectivity index (χ2n) is 3.87. The van der Waals surface area contributed by atoms with Gasteiger partial charge in [-0.25, -0.2) is 4.39 Å². The zero-order chi connectivity index (χ0) is 16.0. The maximum absolute atomic E-state index is 13.1. The lowest BCUT2D eigenvalue weighted by atomic mass is 10.1. The molecule has 0 aliphatic heterocycles. The topological polar surface area (TPSA) is 52.6 Å². The highest BCUT2D eigenvalue weighted by atomic mass is 35.5. The third-order valence-electron chi connectivity index (χ3n) is 2.30. The minimum absolute atomic E-state index is 0.0815. The van der Waals surface area contributed by atoms with E-state index in [1.54, 1.807) is 6.92 Å². The summed E-state index contributed by atoms with van der Waals surface area (Å²) in [4.78, 5) is 23.1. The van der Waals surface area contributed by atoms with Crippen LogP contribution >= 0.6 is 11.6 Å². The largest absolute Gasteiger partial charge is 0.466 e. The van der Waals surface area contributed by atoms with E-state index in [1.165, 1.54) is 18.2 Å². The Bertz CT molecular complexity index is 520. The number of Topliss-reactive ketones (excluding diaryl/α,β-unsaturated/α-hetero) is 1. The van der Waals surface area contributed by atoms with E-state index in [0.29, 0.717) is 0 Å². The Morgan fingerprint density at radius 1 is 1.33 bits per heavy atom. The zero-order valence-electron chi connectivity index (χ0n) is 10.9. The highest BCUT2D eigenvalue weighted by Crippen LogP contribution is 2.31. The Balaban J connectivity index is 2.94. The number of hydrogen-bond donors (Lipinski definition) is 0. The van der Waals surface area contributed by atoms with Crippen LogP contribution in [0.4, 0.5) is 13.2 Å². The number of alkyl halides is 4. The molecule has 1 aromatic rings. The summed E-state index contributed by atoms with van der Waals surface area (Å²) in [7, 11) is 0. The molecule has 1 aromatic carbocycles. The monoisotopic (exact) mass is 324 g/mol. The highest BCUT2D eigenvalue weighted by Gasteiger charge is 2.42. The Kier molecular flexibility index (Phi) is 6.02. The van der Waals surface area contributed by atoms with E-state index in [0.717, 1.165) is 6.07 Å². The van der Waals surface area contributed by atoms with Crippen molar-refractivity contribution >= 4 is 23.4 Å². The first-order valence-corrected chi connectivity index (χ1v) is 6.34. The lowest BCUT2D eigenvalue weighted by molar-refractivity contribution is -0.199. The summed E-state index contributed by atoms with van der Waals surface area (Å²) >= 11 is 4.68. The van der Waals surface area contributed by atoms with Gasteiger partial charge in [0.15, 0.2) is 5.78 Å². The molecule has 0 saturated carbocycles. The summed E-state index contributed by atoms with van der Waals surface area (Å²) in [5.41, 5.74) is -3.37. The summed E-state index contributed by atoms with van der Waals surface area (Å²) in [5.74, 6) is -2.16. The standard InChI is InChI=1S/C13H12ClF3O4/c1-2-20-11(19)7-9(18)8-5-3-4-6-10(8)21-13(16,17)12(14)15/h3-6,12H,2,7H2,1H3. The molecule has 0 fully saturated rings. The summed E-state index contributed by atoms with van der Waals surface area (Å²) < 4.78 is 47.5. The summed E-state index contributed by atoms with van der Waals surface area (Å²) in [6.45, 7) is 1.64. The van der Waals surface area contributed by atoms with Gasteiger partial charge in [0.05, 0.1) is 12.2 Å². The van der Waals surface area contributed by atoms with E-state index in [1.807, 2.05) is 0 Å². The molecule has 21 heavy (non-hydrogen) atoms. The van der Waals surface area contributed by atoms with E-state index in [4.69, 9.17) is 0 Å². The molecule has 0 aromatic heterocycles. The average Bonchev–Trinajstić information content (AvgIpc) is 2.38. The Hall–Kier alpha value is -1.76. The second-order valence-corrected chi connectivity index (χ2v) is 4.25. The van der Waals surface area contributed by atoms with Crippen molar-refractivity contribution < 1.29 is 32.2 Å². The Labute approximate surface area is 123 Å². The van der Waals surface area contributed by atoms with Gasteiger partial charge >= 0.3 is 12.1 Å². The van der Waals surface area contributed by atoms with E-state index in [-0.39, 0.29) is 12.2 Å². The maximum atomic E-state index is 13.1. The van der Waals surface area contributed by atoms with Crippen LogP contribution in [0.25, 0.3) is 0 Å². The van der Waals surface area contributed by atoms with Gasteiger partial charge in [0.25, 0.3) is 5.63 Å². The molecule has 0 N–H and O–H groups in total. The molecular weight excluding hydrogens is 313 g/mol. The van der Waals surface area contributed by atoms with Crippen LogP contribution < -0.4 is 4.74 Å². The van der Waals surface area contributed by atoms with Gasteiger partial charge in [-0.1, -0.05) is 23.7 Å². The van der Waals surface area contributed by atoms with Gasteiger partial charge < -0.3 is 9.47 Å². The van der Waals surface area contributed by atoms with Crippen LogP contribution in [-0.2, 0) is 9.53 Å². The minimum Gasteiger partial charge on any atom is -0.466 e. The molecular formula is C13H12ClF3O4. The minimum atomic E-state index is -4.30. The van der Waals surface area contributed by atoms with E-state index < -0.39 is 35.7 Å². The van der Waals surface area contributed by atoms with Gasteiger partial charge in [0, 0.05) is 0 Å². The number of carbonyl (C=O) groups excluding carboxylic acids is 2. The lowest BCUT2D eigenvalue weighted by Crippen LogP contribution is -2.33. The number of para-hydroxylation sites is 1. The fourth-order valence-corrected chi connectivity index (χ4v) is 1.46. The van der Waals surface area contributed by atoms with Gasteiger partial charge in [-0.3, -0.25) is 9.59 Å². The maximum Gasteiger partial charge on any atom is 0.444 e. The van der Waals surface area contributed by atoms with Crippen LogP contribution in [0.1, 0.15) is 23.7 Å². The highest BCUT2D eigenvalue weighted by molar-refractivity contribution is 6.20. The Morgan fingerprint density at radius 3 is 2.52 bits per heavy atom. The SMILES string of the molecule is CCOC(=O)CC(=O)c1ccccc1OC(F)(F)C(F)Cl. The first-order chi connectivity index (χ1) is 9.77. The fourth-order valence-electron chi connectivity index (χ4n) is 1.42. The number of ketones is 1. The zero-order valence-corrected chi connectivity index (χ0v) is 11.7. The van der Waals surface area contributed by atoms with Crippen molar-refractivity contribution in [1.82, 2.24) is 0 Å². The molecule has 0 bridgehead atoms. The summed E-state index contributed by atoms with van der Waals surface area (Å²) in [6.07, 6.45) is -4.94. The van der Waals surface area contributed by atoms with Gasteiger partial charge in [0.1, 0.15) is 12.2 Å². The van der Waals surface area contributed by atoms with Crippen molar-refractivity contribution in [3.8, 4) is 5.75 Å². The third kappa shape index (κ3) is 4.93. The molecule has 0 heterocycles. The number of ether oxygens (including phenoxy) is 2. The van der Waals surface area contributed by atoms with Crippen LogP contribution in [0, 0.1) is 0 Å². The number of hydrogen-bond acceptors (Lipinski definition) is 4. The van der Waals surface area contributed by atoms with Gasteiger partial charge in [0.2, 0.25) is 0 Å². The molecule has 0 radical (unpaired) electrons. The smallest absolute Gasteiger partial charge is 0.444 e. The number of carbonyl (C=O) groups is 2. The van der Waals surface area contributed by atoms with E-state index >= 15 is 0 Å². The molecule has 4 nitrogen and oxygen atoms in total. The van der Waals surface area contributed by atoms with Gasteiger partial charge in [-0.2, -0.15) is 8.78 Å². The van der Waals surface area contributed by atoms with E-state index in [9.17, 15) is 22.8 Å². The van der Waals surface area contributed by atoms with Crippen molar-refractivity contribution in [1.29, 1.82) is 0 Å². The predicted octanol–water partition coefficient (Wildman–Crippen LogP) is 3.33. The first-order valence-electron chi connectivity index (χ1n) is 5.90. The van der Waals surface area contributed by atoms with Crippen molar-refractivity contribution in [2.45, 2.75) is 25.1 Å². The van der Waals surface area contributed by atoms with Crippen molar-refractivity contribution in [3.63, 3.8) is 0 Å². The normalized spacial score (nSPS) is 12.6. The molecule has 116 valence electrons. The molecule has 1 atom stereocenters. The van der Waals surface area contributed by atoms with Crippen LogP contribution in [0.2, 0.25) is 0 Å². The van der Waals surface area contributed by atoms with Crippen molar-refractivity contribution in [3.05, 3.63) is 29.8 Å². The second kappa shape index (κ2) is 7.31. The molecule has 1 unspecified atom stereocenters. The van der Waals surface area contributed by atoms with Crippen LogP contribution in [0.3, 0.4) is 0 Å². The fraction of sp³-hybridized carbons (Fsp3) is 0.385. The average molecular weight is 325 g/mol. The Morgan fingerprint density at radius 2 is 1.95 bits per heavy atom. The number of halogens is 4. The van der Waals surface area contributed by atoms with Gasteiger partial charge in [-0.15, -0.1) is 0 Å². The lowest BCUT2D eigenvalue weighted by Gasteiger charge is -2.19. The molecule has 1 rings (SSSR count). The molecule has 0 saturated heterocycles. The van der Waals surface area contributed by atoms with Crippen molar-refractivity contribution in [2.75, 3.05) is 6.61 Å². The molecule has 0 aliphatic carbocycles. The van der Waals surface area contributed by atoms with Gasteiger partial charge in [-0.05, 0) is 19.1 Å². The first kappa shape index (κ1) is 17.3. The summed E-state index contributed by atoms with van der Waals surface area (Å²) in [6, 6.07) is 4.92. The quantitative estimate of drug-likeness (QED) is 0.334. The van der Waals surface area contributed by atoms with Crippen molar-refractivity contribution in [2.24, 2.45) is 0 Å². The molecule has 0 spiro atoms. The van der Waals surface area contributed by atoms with E-state index in [2.05, 4.69) is 21.1 Å². The van der Waals surface area contributed by atoms with Crippen LogP contribution in [-0.4, -0.2) is 30.1 Å². The van der Waals surface area contributed by atoms with Crippen LogP contribution in [0.15, 0.2) is 24.3 Å². The molecule has 0 amide bonds. The third-order valence-corrected chi connectivity index (χ3v) is 2.55. The number of benzene rings is 1. The number of rotatable bonds is 7. The predicted molar refractivity (Wildman–Crippen MR) is 68.3 cm³/mol.